The average Bonchev–Trinajstić information content (AvgIpc) is 2.39. The number of carbonyl (C=O) groups excluding carboxylic acids is 1. The molecule has 0 bridgehead atoms. The van der Waals surface area contributed by atoms with E-state index in [2.05, 4.69) is 30.9 Å². The van der Waals surface area contributed by atoms with Gasteiger partial charge in [0, 0.05) is 5.56 Å². The van der Waals surface area contributed by atoms with E-state index in [-0.39, 0.29) is 11.5 Å². The van der Waals surface area contributed by atoms with Crippen LogP contribution in [0.25, 0.3) is 5.57 Å². The highest BCUT2D eigenvalue weighted by molar-refractivity contribution is 7.81. The molecule has 0 N–H and O–H groups in total. The Morgan fingerprint density at radius 1 is 1.19 bits per heavy atom. The lowest BCUT2D eigenvalue weighted by molar-refractivity contribution is 0.102. The second-order valence-corrected chi connectivity index (χ2v) is 4.11. The molecule has 2 rings (SSSR count). The van der Waals surface area contributed by atoms with E-state index in [0.717, 1.165) is 18.4 Å². The molecule has 0 spiro atoms. The molecule has 1 aromatic rings. The summed E-state index contributed by atoms with van der Waals surface area (Å²) in [5.74, 6) is 0.338. The van der Waals surface area contributed by atoms with Crippen LogP contribution in [0.15, 0.2) is 42.5 Å². The van der Waals surface area contributed by atoms with Crippen molar-refractivity contribution < 1.29 is 4.79 Å². The van der Waals surface area contributed by atoms with Gasteiger partial charge in [-0.25, -0.2) is 0 Å². The Hall–Kier alpha value is -1.28. The van der Waals surface area contributed by atoms with Crippen LogP contribution < -0.4 is 0 Å². The Balaban J connectivity index is 2.22. The Bertz CT molecular complexity index is 440. The molecule has 0 atom stereocenters. The molecule has 0 saturated heterocycles. The number of hydrogen-bond donors (Lipinski definition) is 1. The van der Waals surface area contributed by atoms with Gasteiger partial charge in [-0.3, -0.25) is 4.79 Å². The van der Waals surface area contributed by atoms with Gasteiger partial charge in [-0.2, -0.15) is 12.6 Å². The average molecular weight is 230 g/mol. The standard InChI is InChI=1S/C14H14OS/c15-14(10-16)13-8-6-12(7-9-13)11-4-2-1-3-5-11/h2,4-9,16H,1,3,10H2. The van der Waals surface area contributed by atoms with Crippen LogP contribution in [0, 0.1) is 0 Å². The zero-order valence-corrected chi connectivity index (χ0v) is 9.91. The predicted molar refractivity (Wildman–Crippen MR) is 71.0 cm³/mol. The molecule has 0 heterocycles. The van der Waals surface area contributed by atoms with Crippen molar-refractivity contribution in [3.8, 4) is 0 Å². The maximum Gasteiger partial charge on any atom is 0.172 e. The van der Waals surface area contributed by atoms with Gasteiger partial charge in [0.25, 0.3) is 0 Å². The maximum absolute atomic E-state index is 11.4. The minimum Gasteiger partial charge on any atom is -0.293 e. The lowest BCUT2D eigenvalue weighted by Gasteiger charge is -2.07. The number of thiol groups is 1. The summed E-state index contributed by atoms with van der Waals surface area (Å²) in [4.78, 5) is 11.4. The van der Waals surface area contributed by atoms with E-state index in [1.54, 1.807) is 0 Å². The number of rotatable bonds is 3. The second-order valence-electron chi connectivity index (χ2n) is 3.80. The predicted octanol–water partition coefficient (Wildman–Crippen LogP) is 3.53. The van der Waals surface area contributed by atoms with E-state index in [9.17, 15) is 4.79 Å². The molecule has 16 heavy (non-hydrogen) atoms. The zero-order valence-electron chi connectivity index (χ0n) is 9.02. The first-order valence-corrected chi connectivity index (χ1v) is 6.05. The molecule has 1 aromatic carbocycles. The van der Waals surface area contributed by atoms with E-state index in [1.165, 1.54) is 11.1 Å². The smallest absolute Gasteiger partial charge is 0.172 e. The first-order chi connectivity index (χ1) is 7.81. The summed E-state index contributed by atoms with van der Waals surface area (Å²) < 4.78 is 0. The minimum atomic E-state index is 0.0723. The summed E-state index contributed by atoms with van der Waals surface area (Å²) in [5.41, 5.74) is 3.15. The molecule has 0 aromatic heterocycles. The largest absolute Gasteiger partial charge is 0.293 e. The van der Waals surface area contributed by atoms with Crippen LogP contribution in [-0.2, 0) is 0 Å². The number of Topliss-reactive ketones (excluding diaryl/α,β-unsaturated/α-hetero) is 1. The van der Waals surface area contributed by atoms with Crippen molar-refractivity contribution in [3.05, 3.63) is 53.6 Å². The molecule has 0 aliphatic heterocycles. The molecular weight excluding hydrogens is 216 g/mol. The molecule has 0 amide bonds. The van der Waals surface area contributed by atoms with E-state index in [1.807, 2.05) is 24.3 Å². The summed E-state index contributed by atoms with van der Waals surface area (Å²) in [6.07, 6.45) is 8.78. The van der Waals surface area contributed by atoms with Crippen molar-refractivity contribution in [3.63, 3.8) is 0 Å². The number of ketones is 1. The van der Waals surface area contributed by atoms with Crippen LogP contribution in [0.2, 0.25) is 0 Å². The van der Waals surface area contributed by atoms with Gasteiger partial charge in [-0.15, -0.1) is 0 Å². The van der Waals surface area contributed by atoms with Crippen LogP contribution in [0.3, 0.4) is 0 Å². The quantitative estimate of drug-likeness (QED) is 0.621. The second kappa shape index (κ2) is 5.17. The van der Waals surface area contributed by atoms with Crippen molar-refractivity contribution in [2.24, 2.45) is 0 Å². The van der Waals surface area contributed by atoms with Gasteiger partial charge in [0.05, 0.1) is 5.75 Å². The molecule has 1 aliphatic carbocycles. The lowest BCUT2D eigenvalue weighted by atomic mass is 9.98. The minimum absolute atomic E-state index is 0.0723. The summed E-state index contributed by atoms with van der Waals surface area (Å²) in [5, 5.41) is 0. The topological polar surface area (TPSA) is 17.1 Å². The normalized spacial score (nSPS) is 14.7. The van der Waals surface area contributed by atoms with Gasteiger partial charge in [0.2, 0.25) is 0 Å². The first kappa shape index (κ1) is 11.2. The third-order valence-corrected chi connectivity index (χ3v) is 2.97. The van der Waals surface area contributed by atoms with Crippen LogP contribution >= 0.6 is 12.6 Å². The molecule has 0 radical (unpaired) electrons. The van der Waals surface area contributed by atoms with Crippen LogP contribution in [0.5, 0.6) is 0 Å². The molecular formula is C14H14OS. The molecule has 82 valence electrons. The third kappa shape index (κ3) is 2.45. The fourth-order valence-corrected chi connectivity index (χ4v) is 1.95. The van der Waals surface area contributed by atoms with Gasteiger partial charge in [-0.05, 0) is 24.0 Å². The Morgan fingerprint density at radius 3 is 2.50 bits per heavy atom. The van der Waals surface area contributed by atoms with Crippen LogP contribution in [-0.4, -0.2) is 11.5 Å². The summed E-state index contributed by atoms with van der Waals surface area (Å²) in [6.45, 7) is 0. The molecule has 1 nitrogen and oxygen atoms in total. The highest BCUT2D eigenvalue weighted by Gasteiger charge is 2.05. The number of carbonyl (C=O) groups is 1. The Labute approximate surface area is 101 Å². The van der Waals surface area contributed by atoms with Crippen LogP contribution in [0.4, 0.5) is 0 Å². The fourth-order valence-electron chi connectivity index (χ4n) is 1.77. The molecule has 0 unspecified atom stereocenters. The maximum atomic E-state index is 11.4. The van der Waals surface area contributed by atoms with Gasteiger partial charge in [0.1, 0.15) is 0 Å². The lowest BCUT2D eigenvalue weighted by Crippen LogP contribution is -1.99. The number of hydrogen-bond acceptors (Lipinski definition) is 2. The zero-order chi connectivity index (χ0) is 11.4. The number of benzene rings is 1. The molecule has 2 heteroatoms. The van der Waals surface area contributed by atoms with E-state index < -0.39 is 0 Å². The van der Waals surface area contributed by atoms with Crippen molar-refractivity contribution in [2.75, 3.05) is 5.75 Å². The summed E-state index contributed by atoms with van der Waals surface area (Å²) in [6, 6.07) is 7.74. The molecule has 0 fully saturated rings. The Kier molecular flexibility index (Phi) is 3.62. The van der Waals surface area contributed by atoms with E-state index in [0.29, 0.717) is 0 Å². The first-order valence-electron chi connectivity index (χ1n) is 5.42. The third-order valence-electron chi connectivity index (χ3n) is 2.68. The monoisotopic (exact) mass is 230 g/mol. The van der Waals surface area contributed by atoms with Crippen molar-refractivity contribution in [1.82, 2.24) is 0 Å². The van der Waals surface area contributed by atoms with Crippen molar-refractivity contribution in [2.45, 2.75) is 12.8 Å². The highest BCUT2D eigenvalue weighted by atomic mass is 32.1. The van der Waals surface area contributed by atoms with E-state index in [4.69, 9.17) is 0 Å². The van der Waals surface area contributed by atoms with Gasteiger partial charge < -0.3 is 0 Å². The van der Waals surface area contributed by atoms with Crippen molar-refractivity contribution in [1.29, 1.82) is 0 Å². The Morgan fingerprint density at radius 2 is 1.94 bits per heavy atom. The van der Waals surface area contributed by atoms with Crippen molar-refractivity contribution >= 4 is 24.0 Å². The fraction of sp³-hybridized carbons (Fsp3) is 0.214. The number of allylic oxidation sites excluding steroid dienone is 4. The van der Waals surface area contributed by atoms with Crippen LogP contribution in [0.1, 0.15) is 28.8 Å². The summed E-state index contributed by atoms with van der Waals surface area (Å²) in [7, 11) is 0. The van der Waals surface area contributed by atoms with Gasteiger partial charge in [-0.1, -0.05) is 42.5 Å². The highest BCUT2D eigenvalue weighted by Crippen LogP contribution is 2.21. The van der Waals surface area contributed by atoms with E-state index >= 15 is 0 Å². The summed E-state index contributed by atoms with van der Waals surface area (Å²) >= 11 is 3.98. The van der Waals surface area contributed by atoms with Gasteiger partial charge >= 0.3 is 0 Å². The molecule has 0 saturated carbocycles. The molecule has 1 aliphatic rings. The van der Waals surface area contributed by atoms with Gasteiger partial charge in [0.15, 0.2) is 5.78 Å². The SMILES string of the molecule is O=C(CS)c1ccc(C2=CCCC=C2)cc1.